The third-order valence-electron chi connectivity index (χ3n) is 3.88. The first-order valence-electron chi connectivity index (χ1n) is 7.52. The number of hydrogen-bond acceptors (Lipinski definition) is 7. The number of rotatable bonds is 6. The molecule has 0 spiro atoms. The normalized spacial score (nSPS) is 27.4. The molecule has 0 aromatic carbocycles. The maximum Gasteiger partial charge on any atom is 0.330 e. The quantitative estimate of drug-likeness (QED) is 0.532. The molecular weight excluding hydrogens is 278 g/mol. The van der Waals surface area contributed by atoms with Crippen molar-refractivity contribution in [2.45, 2.75) is 45.9 Å². The van der Waals surface area contributed by atoms with Crippen LogP contribution in [0.1, 0.15) is 33.6 Å². The Morgan fingerprint density at radius 2 is 1.76 bits per heavy atom. The van der Waals surface area contributed by atoms with Gasteiger partial charge in [0, 0.05) is 13.2 Å². The molecule has 0 aromatic rings. The Morgan fingerprint density at radius 3 is 2.29 bits per heavy atom. The highest BCUT2D eigenvalue weighted by molar-refractivity contribution is 6.02. The summed E-state index contributed by atoms with van der Waals surface area (Å²) in [5.41, 5.74) is -1.56. The fourth-order valence-electron chi connectivity index (χ4n) is 3.05. The number of ether oxygens (including phenoxy) is 3. The molecule has 7 nitrogen and oxygen atoms in total. The molecule has 2 aliphatic heterocycles. The summed E-state index contributed by atoms with van der Waals surface area (Å²) in [4.78, 5) is 30.9. The van der Waals surface area contributed by atoms with E-state index in [1.807, 2.05) is 0 Å². The number of hydroxylamine groups is 2. The van der Waals surface area contributed by atoms with Gasteiger partial charge in [-0.05, 0) is 33.6 Å². The van der Waals surface area contributed by atoms with Gasteiger partial charge >= 0.3 is 11.9 Å². The van der Waals surface area contributed by atoms with Gasteiger partial charge in [-0.3, -0.25) is 14.4 Å². The molecular formula is C14H23NO6. The van der Waals surface area contributed by atoms with Crippen LogP contribution in [0, 0.1) is 5.41 Å². The smallest absolute Gasteiger partial charge is 0.330 e. The first-order valence-corrected chi connectivity index (χ1v) is 7.52. The summed E-state index contributed by atoms with van der Waals surface area (Å²) in [6.45, 7) is 6.55. The van der Waals surface area contributed by atoms with Gasteiger partial charge in [-0.2, -0.15) is 5.06 Å². The molecule has 0 N–H and O–H groups in total. The second-order valence-electron chi connectivity index (χ2n) is 5.00. The summed E-state index contributed by atoms with van der Waals surface area (Å²) >= 11 is 0. The molecule has 0 unspecified atom stereocenters. The number of nitrogens with zero attached hydrogens (tertiary/aromatic N) is 1. The topological polar surface area (TPSA) is 74.3 Å². The Kier molecular flexibility index (Phi) is 5.18. The van der Waals surface area contributed by atoms with E-state index in [4.69, 9.17) is 19.0 Å². The Morgan fingerprint density at radius 1 is 1.14 bits per heavy atom. The van der Waals surface area contributed by atoms with E-state index < -0.39 is 29.7 Å². The van der Waals surface area contributed by atoms with E-state index in [2.05, 4.69) is 0 Å². The Balaban J connectivity index is 2.41. The highest BCUT2D eigenvalue weighted by atomic mass is 16.8. The summed E-state index contributed by atoms with van der Waals surface area (Å²) < 4.78 is 15.8. The number of carbonyl (C=O) groups excluding carboxylic acids is 2. The number of esters is 2. The van der Waals surface area contributed by atoms with Crippen molar-refractivity contribution >= 4 is 11.9 Å². The van der Waals surface area contributed by atoms with E-state index in [1.54, 1.807) is 25.8 Å². The first-order chi connectivity index (χ1) is 10.1. The van der Waals surface area contributed by atoms with Crippen LogP contribution in [0.25, 0.3) is 0 Å². The molecule has 0 amide bonds. The van der Waals surface area contributed by atoms with Crippen LogP contribution in [0.4, 0.5) is 0 Å². The zero-order valence-corrected chi connectivity index (χ0v) is 12.8. The van der Waals surface area contributed by atoms with E-state index >= 15 is 0 Å². The molecule has 2 fully saturated rings. The minimum absolute atomic E-state index is 0.186. The highest BCUT2D eigenvalue weighted by Crippen LogP contribution is 2.47. The monoisotopic (exact) mass is 301 g/mol. The van der Waals surface area contributed by atoms with E-state index in [0.717, 1.165) is 6.42 Å². The SMILES string of the molecule is CCOC(=O)C1(C(=O)OCC)[C@H](OCC)ON2CCC[C@@H]21. The molecule has 2 rings (SSSR count). The maximum absolute atomic E-state index is 12.6. The Hall–Kier alpha value is -1.18. The fraction of sp³-hybridized carbons (Fsp3) is 0.857. The van der Waals surface area contributed by atoms with Crippen LogP contribution in [0.2, 0.25) is 0 Å². The third-order valence-corrected chi connectivity index (χ3v) is 3.88. The summed E-state index contributed by atoms with van der Waals surface area (Å²) in [5.74, 6) is -1.26. The van der Waals surface area contributed by atoms with Crippen molar-refractivity contribution in [3.8, 4) is 0 Å². The molecule has 0 bridgehead atoms. The zero-order valence-electron chi connectivity index (χ0n) is 12.8. The largest absolute Gasteiger partial charge is 0.465 e. The van der Waals surface area contributed by atoms with E-state index in [1.165, 1.54) is 0 Å². The minimum atomic E-state index is -1.56. The lowest BCUT2D eigenvalue weighted by Crippen LogP contribution is -2.55. The van der Waals surface area contributed by atoms with Gasteiger partial charge in [-0.25, -0.2) is 0 Å². The molecule has 2 aliphatic rings. The van der Waals surface area contributed by atoms with Crippen molar-refractivity contribution in [2.24, 2.45) is 5.41 Å². The van der Waals surface area contributed by atoms with Crippen LogP contribution >= 0.6 is 0 Å². The molecule has 0 radical (unpaired) electrons. The Labute approximate surface area is 124 Å². The minimum Gasteiger partial charge on any atom is -0.465 e. The van der Waals surface area contributed by atoms with Crippen molar-refractivity contribution in [1.82, 2.24) is 5.06 Å². The van der Waals surface area contributed by atoms with Crippen LogP contribution in [0.3, 0.4) is 0 Å². The fourth-order valence-corrected chi connectivity index (χ4v) is 3.05. The molecule has 0 saturated carbocycles. The van der Waals surface area contributed by atoms with Crippen LogP contribution in [0.15, 0.2) is 0 Å². The van der Waals surface area contributed by atoms with Gasteiger partial charge in [0.15, 0.2) is 0 Å². The standard InChI is InChI=1S/C14H23NO6/c1-4-18-11(16)14(12(17)19-5-2)10-8-7-9-15(10)21-13(14)20-6-3/h10,13H,4-9H2,1-3H3/t10-,13-/m1/s1. The van der Waals surface area contributed by atoms with Crippen molar-refractivity contribution in [2.75, 3.05) is 26.4 Å². The highest BCUT2D eigenvalue weighted by Gasteiger charge is 2.69. The van der Waals surface area contributed by atoms with Gasteiger partial charge in [-0.1, -0.05) is 0 Å². The molecule has 2 saturated heterocycles. The average molecular weight is 301 g/mol. The lowest BCUT2D eigenvalue weighted by atomic mass is 9.79. The lowest BCUT2D eigenvalue weighted by molar-refractivity contribution is -0.248. The summed E-state index contributed by atoms with van der Waals surface area (Å²) in [7, 11) is 0. The molecule has 21 heavy (non-hydrogen) atoms. The first kappa shape index (κ1) is 16.2. The third kappa shape index (κ3) is 2.54. The van der Waals surface area contributed by atoms with Crippen LogP contribution in [-0.4, -0.2) is 55.7 Å². The summed E-state index contributed by atoms with van der Waals surface area (Å²) in [5, 5.41) is 1.66. The van der Waals surface area contributed by atoms with Gasteiger partial charge in [0.05, 0.1) is 19.3 Å². The van der Waals surface area contributed by atoms with Crippen molar-refractivity contribution in [3.05, 3.63) is 0 Å². The van der Waals surface area contributed by atoms with Gasteiger partial charge in [-0.15, -0.1) is 0 Å². The van der Waals surface area contributed by atoms with Crippen LogP contribution in [0.5, 0.6) is 0 Å². The Bertz CT molecular complexity index is 381. The second-order valence-corrected chi connectivity index (χ2v) is 5.00. The van der Waals surface area contributed by atoms with E-state index in [-0.39, 0.29) is 13.2 Å². The van der Waals surface area contributed by atoms with Gasteiger partial charge in [0.1, 0.15) is 0 Å². The van der Waals surface area contributed by atoms with Crippen LogP contribution in [-0.2, 0) is 28.6 Å². The second kappa shape index (κ2) is 6.72. The summed E-state index contributed by atoms with van der Waals surface area (Å²) in [6.07, 6.45) is 0.525. The van der Waals surface area contributed by atoms with E-state index in [0.29, 0.717) is 19.6 Å². The number of fused-ring (bicyclic) bond motifs is 1. The van der Waals surface area contributed by atoms with Crippen LogP contribution < -0.4 is 0 Å². The number of carbonyl (C=O) groups is 2. The molecule has 2 atom stereocenters. The molecule has 0 aliphatic carbocycles. The van der Waals surface area contributed by atoms with Crippen molar-refractivity contribution < 1.29 is 28.6 Å². The zero-order chi connectivity index (χ0) is 15.5. The molecule has 0 aromatic heterocycles. The summed E-state index contributed by atoms with van der Waals surface area (Å²) in [6, 6.07) is -0.396. The van der Waals surface area contributed by atoms with Gasteiger partial charge in [0.2, 0.25) is 11.7 Å². The molecule has 2 heterocycles. The number of hydrogen-bond donors (Lipinski definition) is 0. The molecule has 120 valence electrons. The lowest BCUT2D eigenvalue weighted by Gasteiger charge is -2.31. The average Bonchev–Trinajstić information content (AvgIpc) is 2.99. The predicted octanol–water partition coefficient (Wildman–Crippen LogP) is 0.871. The van der Waals surface area contributed by atoms with Crippen molar-refractivity contribution in [1.29, 1.82) is 0 Å². The van der Waals surface area contributed by atoms with Gasteiger partial charge in [0.25, 0.3) is 0 Å². The van der Waals surface area contributed by atoms with Crippen molar-refractivity contribution in [3.63, 3.8) is 0 Å². The van der Waals surface area contributed by atoms with Gasteiger partial charge < -0.3 is 14.2 Å². The predicted molar refractivity (Wildman–Crippen MR) is 71.9 cm³/mol. The maximum atomic E-state index is 12.6. The van der Waals surface area contributed by atoms with E-state index in [9.17, 15) is 9.59 Å². The molecule has 7 heteroatoms.